The van der Waals surface area contributed by atoms with E-state index >= 15 is 0 Å². The molecule has 1 aromatic carbocycles. The molecule has 1 amide bonds. The molecular weight excluding hydrogens is 421 g/mol. The van der Waals surface area contributed by atoms with Crippen LogP contribution in [0.3, 0.4) is 0 Å². The maximum Gasteiger partial charge on any atom is 0.247 e. The molecule has 4 nitrogen and oxygen atoms in total. The van der Waals surface area contributed by atoms with Crippen LogP contribution in [-0.2, 0) is 16.9 Å². The monoisotopic (exact) mass is 439 g/mol. The lowest BCUT2D eigenvalue weighted by atomic mass is 9.92. The Hall–Kier alpha value is -0.660. The highest BCUT2D eigenvalue weighted by molar-refractivity contribution is 9.10. The van der Waals surface area contributed by atoms with Gasteiger partial charge in [-0.25, -0.2) is 4.98 Å². The number of aryl methyl sites for hydroxylation is 1. The van der Waals surface area contributed by atoms with Gasteiger partial charge < -0.3 is 10.6 Å². The fourth-order valence-corrected chi connectivity index (χ4v) is 3.18. The molecule has 0 aliphatic carbocycles. The van der Waals surface area contributed by atoms with Crippen LogP contribution in [0.5, 0.6) is 0 Å². The van der Waals surface area contributed by atoms with E-state index in [4.69, 9.17) is 5.73 Å². The molecule has 2 N–H and O–H groups in total. The fraction of sp³-hybridized carbons (Fsp3) is 0.333. The molecule has 1 atom stereocenters. The number of aromatic nitrogens is 1. The van der Waals surface area contributed by atoms with Gasteiger partial charge in [-0.2, -0.15) is 0 Å². The van der Waals surface area contributed by atoms with Crippen molar-refractivity contribution in [2.45, 2.75) is 25.9 Å². The number of hydrogen-bond acceptors (Lipinski definition) is 4. The molecular formula is C15H20BrCl2N3OS. The first-order valence-electron chi connectivity index (χ1n) is 6.52. The molecule has 8 heteroatoms. The average molecular weight is 441 g/mol. The van der Waals surface area contributed by atoms with Crippen LogP contribution in [0.15, 0.2) is 34.2 Å². The number of carbonyl (C=O) groups excluding carboxylic acids is 1. The molecule has 0 radical (unpaired) electrons. The summed E-state index contributed by atoms with van der Waals surface area (Å²) in [5.74, 6) is -0.113. The van der Waals surface area contributed by atoms with Crippen molar-refractivity contribution in [1.29, 1.82) is 0 Å². The van der Waals surface area contributed by atoms with Crippen molar-refractivity contribution in [2.75, 3.05) is 7.05 Å². The number of benzene rings is 1. The van der Waals surface area contributed by atoms with E-state index in [1.807, 2.05) is 31.2 Å². The van der Waals surface area contributed by atoms with Crippen LogP contribution < -0.4 is 5.73 Å². The molecule has 0 saturated heterocycles. The first-order valence-corrected chi connectivity index (χ1v) is 8.19. The summed E-state index contributed by atoms with van der Waals surface area (Å²) in [4.78, 5) is 19.6. The maximum absolute atomic E-state index is 12.7. The van der Waals surface area contributed by atoms with E-state index in [0.717, 1.165) is 20.6 Å². The highest BCUT2D eigenvalue weighted by Gasteiger charge is 2.33. The molecule has 2 rings (SSSR count). The number of rotatable bonds is 4. The Morgan fingerprint density at radius 3 is 2.39 bits per heavy atom. The Bertz CT molecular complexity index is 646. The van der Waals surface area contributed by atoms with E-state index in [2.05, 4.69) is 20.9 Å². The molecule has 1 heterocycles. The molecule has 0 aliphatic heterocycles. The normalized spacial score (nSPS) is 12.6. The lowest BCUT2D eigenvalue weighted by Crippen LogP contribution is -2.49. The Morgan fingerprint density at radius 2 is 1.91 bits per heavy atom. The number of amides is 1. The van der Waals surface area contributed by atoms with Crippen LogP contribution in [0.4, 0.5) is 0 Å². The fourth-order valence-electron chi connectivity index (χ4n) is 2.08. The Morgan fingerprint density at radius 1 is 1.35 bits per heavy atom. The molecule has 1 aromatic heterocycles. The molecule has 128 valence electrons. The van der Waals surface area contributed by atoms with Crippen LogP contribution in [0, 0.1) is 6.92 Å². The summed E-state index contributed by atoms with van der Waals surface area (Å²) in [7, 11) is 1.77. The molecule has 0 spiro atoms. The summed E-state index contributed by atoms with van der Waals surface area (Å²) >= 11 is 4.94. The van der Waals surface area contributed by atoms with Gasteiger partial charge in [0.2, 0.25) is 5.91 Å². The maximum atomic E-state index is 12.7. The van der Waals surface area contributed by atoms with E-state index in [9.17, 15) is 4.79 Å². The predicted octanol–water partition coefficient (Wildman–Crippen LogP) is 3.89. The third-order valence-corrected chi connectivity index (χ3v) is 4.91. The second-order valence-corrected chi connectivity index (χ2v) is 7.09. The van der Waals surface area contributed by atoms with Gasteiger partial charge in [-0.15, -0.1) is 36.2 Å². The van der Waals surface area contributed by atoms with Gasteiger partial charge in [0, 0.05) is 16.4 Å². The van der Waals surface area contributed by atoms with E-state index < -0.39 is 5.54 Å². The van der Waals surface area contributed by atoms with Crippen molar-refractivity contribution in [1.82, 2.24) is 9.88 Å². The third kappa shape index (κ3) is 5.16. The van der Waals surface area contributed by atoms with E-state index in [1.165, 1.54) is 0 Å². The number of halogens is 3. The van der Waals surface area contributed by atoms with Gasteiger partial charge in [-0.1, -0.05) is 28.1 Å². The van der Waals surface area contributed by atoms with E-state index in [-0.39, 0.29) is 30.7 Å². The van der Waals surface area contributed by atoms with Gasteiger partial charge in [0.25, 0.3) is 0 Å². The lowest BCUT2D eigenvalue weighted by Gasteiger charge is -2.29. The van der Waals surface area contributed by atoms with Crippen molar-refractivity contribution >= 4 is 58.0 Å². The standard InChI is InChI=1S/C15H18BrN3OS.2ClH/c1-10-13(21-9-18-10)8-19(3)14(20)15(2,17)11-4-6-12(16)7-5-11;;/h4-7,9H,8,17H2,1-3H3;2*1H. The summed E-state index contributed by atoms with van der Waals surface area (Å²) in [5, 5.41) is 0. The number of nitrogens with two attached hydrogens (primary N) is 1. The van der Waals surface area contributed by atoms with E-state index in [1.54, 1.807) is 35.7 Å². The Labute approximate surface area is 161 Å². The number of nitrogens with zero attached hydrogens (tertiary/aromatic N) is 2. The molecule has 23 heavy (non-hydrogen) atoms. The van der Waals surface area contributed by atoms with Gasteiger partial charge in [0.15, 0.2) is 0 Å². The minimum Gasteiger partial charge on any atom is -0.339 e. The number of thiazole rings is 1. The Kier molecular flexibility index (Phi) is 8.73. The van der Waals surface area contributed by atoms with Gasteiger partial charge in [0.05, 0.1) is 17.7 Å². The lowest BCUT2D eigenvalue weighted by molar-refractivity contribution is -0.135. The second-order valence-electron chi connectivity index (χ2n) is 5.23. The van der Waals surface area contributed by atoms with Crippen molar-refractivity contribution in [3.05, 3.63) is 50.4 Å². The largest absolute Gasteiger partial charge is 0.339 e. The van der Waals surface area contributed by atoms with Crippen molar-refractivity contribution < 1.29 is 4.79 Å². The van der Waals surface area contributed by atoms with Crippen molar-refractivity contribution in [2.24, 2.45) is 5.73 Å². The first-order chi connectivity index (χ1) is 9.82. The summed E-state index contributed by atoms with van der Waals surface area (Å²) < 4.78 is 0.961. The highest BCUT2D eigenvalue weighted by atomic mass is 79.9. The van der Waals surface area contributed by atoms with Gasteiger partial charge in [-0.3, -0.25) is 4.79 Å². The minimum atomic E-state index is -1.05. The summed E-state index contributed by atoms with van der Waals surface area (Å²) in [5.41, 5.74) is 8.78. The van der Waals surface area contributed by atoms with Crippen LogP contribution in [0.1, 0.15) is 23.1 Å². The Balaban J connectivity index is 0.00000242. The zero-order chi connectivity index (χ0) is 15.6. The molecule has 0 fully saturated rings. The van der Waals surface area contributed by atoms with Crippen LogP contribution in [-0.4, -0.2) is 22.8 Å². The van der Waals surface area contributed by atoms with Crippen LogP contribution >= 0.6 is 52.1 Å². The van der Waals surface area contributed by atoms with Crippen LogP contribution in [0.25, 0.3) is 0 Å². The quantitative estimate of drug-likeness (QED) is 0.784. The van der Waals surface area contributed by atoms with Crippen LogP contribution in [0.2, 0.25) is 0 Å². The summed E-state index contributed by atoms with van der Waals surface area (Å²) in [6.07, 6.45) is 0. The highest BCUT2D eigenvalue weighted by Crippen LogP contribution is 2.24. The SMILES string of the molecule is Cc1ncsc1CN(C)C(=O)C(C)(N)c1ccc(Br)cc1.Cl.Cl. The first kappa shape index (κ1) is 22.3. The zero-order valence-electron chi connectivity index (χ0n) is 13.1. The summed E-state index contributed by atoms with van der Waals surface area (Å²) in [6, 6.07) is 7.52. The molecule has 2 aromatic rings. The van der Waals surface area contributed by atoms with Crippen molar-refractivity contribution in [3.8, 4) is 0 Å². The smallest absolute Gasteiger partial charge is 0.247 e. The second kappa shape index (κ2) is 8.99. The number of hydrogen-bond donors (Lipinski definition) is 1. The topological polar surface area (TPSA) is 59.2 Å². The summed E-state index contributed by atoms with van der Waals surface area (Å²) in [6.45, 7) is 4.22. The average Bonchev–Trinajstić information content (AvgIpc) is 2.83. The minimum absolute atomic E-state index is 0. The molecule has 0 aliphatic rings. The number of carbonyl (C=O) groups is 1. The zero-order valence-corrected chi connectivity index (χ0v) is 17.1. The van der Waals surface area contributed by atoms with Gasteiger partial charge in [-0.05, 0) is 31.5 Å². The van der Waals surface area contributed by atoms with Gasteiger partial charge >= 0.3 is 0 Å². The molecule has 0 bridgehead atoms. The van der Waals surface area contributed by atoms with E-state index in [0.29, 0.717) is 6.54 Å². The number of likely N-dealkylation sites (N-methyl/N-ethyl adjacent to an activating group) is 1. The molecule has 1 unspecified atom stereocenters. The molecule has 0 saturated carbocycles. The van der Waals surface area contributed by atoms with Gasteiger partial charge in [0.1, 0.15) is 5.54 Å². The third-order valence-electron chi connectivity index (χ3n) is 3.46. The van der Waals surface area contributed by atoms with Crippen molar-refractivity contribution in [3.63, 3.8) is 0 Å². The predicted molar refractivity (Wildman–Crippen MR) is 104 cm³/mol.